The van der Waals surface area contributed by atoms with Gasteiger partial charge in [0.2, 0.25) is 0 Å². The molecule has 0 bridgehead atoms. The molecule has 2 aromatic carbocycles. The van der Waals surface area contributed by atoms with Gasteiger partial charge in [0, 0.05) is 11.0 Å². The Balaban J connectivity index is 1.42. The topological polar surface area (TPSA) is 60.7 Å². The van der Waals surface area contributed by atoms with Gasteiger partial charge in [-0.2, -0.15) is 0 Å². The average Bonchev–Trinajstić information content (AvgIpc) is 3.03. The molecule has 3 aliphatic carbocycles. The van der Waals surface area contributed by atoms with Crippen LogP contribution in [-0.4, -0.2) is 20.9 Å². The monoisotopic (exact) mass is 402 g/mol. The van der Waals surface area contributed by atoms with Crippen LogP contribution in [0.15, 0.2) is 42.5 Å². The number of aryl methyl sites for hydroxylation is 1. The lowest BCUT2D eigenvalue weighted by atomic mass is 9.53. The molecule has 2 saturated carbocycles. The van der Waals surface area contributed by atoms with Crippen molar-refractivity contribution in [2.45, 2.75) is 63.6 Å². The van der Waals surface area contributed by atoms with Crippen molar-refractivity contribution in [2.75, 3.05) is 0 Å². The zero-order valence-corrected chi connectivity index (χ0v) is 17.6. The van der Waals surface area contributed by atoms with E-state index in [1.165, 1.54) is 11.1 Å². The highest BCUT2D eigenvalue weighted by atomic mass is 16.3. The van der Waals surface area contributed by atoms with Crippen LogP contribution in [0.1, 0.15) is 67.2 Å². The molecule has 0 aliphatic heterocycles. The lowest BCUT2D eigenvalue weighted by molar-refractivity contribution is -0.0647. The Bertz CT molecular complexity index is 1010. The second-order valence-corrected chi connectivity index (χ2v) is 9.76. The van der Waals surface area contributed by atoms with Crippen LogP contribution < -0.4 is 0 Å². The number of phenols is 1. The van der Waals surface area contributed by atoms with Crippen molar-refractivity contribution in [3.63, 3.8) is 0 Å². The van der Waals surface area contributed by atoms with Crippen molar-refractivity contribution in [3.05, 3.63) is 64.7 Å². The van der Waals surface area contributed by atoms with Crippen LogP contribution in [0.25, 0.3) is 0 Å². The molecule has 0 saturated heterocycles. The summed E-state index contributed by atoms with van der Waals surface area (Å²) in [7, 11) is 0. The minimum Gasteiger partial charge on any atom is -0.508 e. The lowest BCUT2D eigenvalue weighted by Gasteiger charge is -2.52. The van der Waals surface area contributed by atoms with Crippen molar-refractivity contribution in [1.29, 1.82) is 0 Å². The smallest absolute Gasteiger partial charge is 0.131 e. The molecule has 5 rings (SSSR count). The fraction of sp³-hybridized carbons (Fsp3) is 0.481. The number of hydrogen-bond acceptors (Lipinski definition) is 3. The predicted octanol–water partition coefficient (Wildman–Crippen LogP) is 4.52. The second kappa shape index (κ2) is 7.15. The molecule has 3 aliphatic rings. The SMILES string of the molecule is C[C@]12CC[C@@H]3c4ccc(O)cc4CC[C@H]3[C@@H]1CC[C@@]2(O)C#Cc1ccc(CO)cc1. The summed E-state index contributed by atoms with van der Waals surface area (Å²) in [5.74, 6) is 8.47. The molecule has 3 heteroatoms. The summed E-state index contributed by atoms with van der Waals surface area (Å²) >= 11 is 0. The van der Waals surface area contributed by atoms with E-state index in [4.69, 9.17) is 0 Å². The van der Waals surface area contributed by atoms with E-state index in [0.29, 0.717) is 23.5 Å². The Kier molecular flexibility index (Phi) is 4.69. The molecule has 0 unspecified atom stereocenters. The van der Waals surface area contributed by atoms with Crippen molar-refractivity contribution in [2.24, 2.45) is 17.3 Å². The van der Waals surface area contributed by atoms with Crippen LogP contribution in [0.2, 0.25) is 0 Å². The van der Waals surface area contributed by atoms with E-state index in [1.54, 1.807) is 0 Å². The van der Waals surface area contributed by atoms with Crippen LogP contribution in [0, 0.1) is 29.1 Å². The Morgan fingerprint density at radius 1 is 1.03 bits per heavy atom. The Hall–Kier alpha value is -2.28. The molecule has 0 amide bonds. The van der Waals surface area contributed by atoms with Crippen molar-refractivity contribution in [3.8, 4) is 17.6 Å². The molecule has 2 fully saturated rings. The van der Waals surface area contributed by atoms with Gasteiger partial charge in [-0.3, -0.25) is 0 Å². The third-order valence-corrected chi connectivity index (χ3v) is 8.41. The van der Waals surface area contributed by atoms with Gasteiger partial charge < -0.3 is 15.3 Å². The zero-order chi connectivity index (χ0) is 20.9. The van der Waals surface area contributed by atoms with E-state index in [1.807, 2.05) is 36.4 Å². The molecule has 3 nitrogen and oxygen atoms in total. The van der Waals surface area contributed by atoms with E-state index >= 15 is 0 Å². The van der Waals surface area contributed by atoms with Crippen LogP contribution in [0.4, 0.5) is 0 Å². The maximum Gasteiger partial charge on any atom is 0.131 e. The molecular weight excluding hydrogens is 372 g/mol. The number of rotatable bonds is 1. The standard InChI is InChI=1S/C27H30O3/c1-26-13-11-23-22-9-7-21(29)16-20(22)6-8-24(23)25(26)12-15-27(26,30)14-10-18-2-4-19(17-28)5-3-18/h2-5,7,9,16,23-25,28-30H,6,8,11-13,15,17H2,1H3/t23-,24-,25+,26+,27+/m1/s1. The highest BCUT2D eigenvalue weighted by Gasteiger charge is 2.61. The maximum absolute atomic E-state index is 11.7. The van der Waals surface area contributed by atoms with Crippen LogP contribution >= 0.6 is 0 Å². The molecule has 5 atom stereocenters. The Labute approximate surface area is 178 Å². The molecular formula is C27H30O3. The molecule has 156 valence electrons. The van der Waals surface area contributed by atoms with Crippen molar-refractivity contribution in [1.82, 2.24) is 0 Å². The lowest BCUT2D eigenvalue weighted by Crippen LogP contribution is -2.50. The van der Waals surface area contributed by atoms with E-state index in [9.17, 15) is 15.3 Å². The minimum atomic E-state index is -0.951. The van der Waals surface area contributed by atoms with Gasteiger partial charge in [0.05, 0.1) is 6.61 Å². The van der Waals surface area contributed by atoms with Gasteiger partial charge in [0.25, 0.3) is 0 Å². The largest absolute Gasteiger partial charge is 0.508 e. The summed E-state index contributed by atoms with van der Waals surface area (Å²) in [6.45, 7) is 2.29. The molecule has 0 heterocycles. The normalized spacial score (nSPS) is 34.3. The number of fused-ring (bicyclic) bond motifs is 5. The fourth-order valence-electron chi connectivity index (χ4n) is 6.66. The quantitative estimate of drug-likeness (QED) is 0.615. The fourth-order valence-corrected chi connectivity index (χ4v) is 6.66. The first-order chi connectivity index (χ1) is 14.4. The van der Waals surface area contributed by atoms with Gasteiger partial charge in [-0.05, 0) is 97.2 Å². The molecule has 0 aromatic heterocycles. The number of benzene rings is 2. The first kappa shape index (κ1) is 19.7. The van der Waals surface area contributed by atoms with E-state index in [0.717, 1.165) is 49.7 Å². The van der Waals surface area contributed by atoms with Gasteiger partial charge >= 0.3 is 0 Å². The maximum atomic E-state index is 11.7. The number of aliphatic hydroxyl groups is 2. The summed E-state index contributed by atoms with van der Waals surface area (Å²) in [4.78, 5) is 0. The van der Waals surface area contributed by atoms with Gasteiger partial charge in [-0.15, -0.1) is 0 Å². The number of aromatic hydroxyl groups is 1. The third kappa shape index (κ3) is 2.97. The average molecular weight is 403 g/mol. The molecule has 0 radical (unpaired) electrons. The molecule has 30 heavy (non-hydrogen) atoms. The Morgan fingerprint density at radius 3 is 2.60 bits per heavy atom. The van der Waals surface area contributed by atoms with Gasteiger partial charge in [-0.25, -0.2) is 0 Å². The van der Waals surface area contributed by atoms with E-state index < -0.39 is 5.60 Å². The van der Waals surface area contributed by atoms with Gasteiger partial charge in [0.1, 0.15) is 11.4 Å². The van der Waals surface area contributed by atoms with Crippen LogP contribution in [0.3, 0.4) is 0 Å². The first-order valence-corrected chi connectivity index (χ1v) is 11.2. The Morgan fingerprint density at radius 2 is 1.83 bits per heavy atom. The number of phenolic OH excluding ortho intramolecular Hbond substituents is 1. The predicted molar refractivity (Wildman–Crippen MR) is 117 cm³/mol. The summed E-state index contributed by atoms with van der Waals surface area (Å²) in [6, 6.07) is 13.5. The van der Waals surface area contributed by atoms with Crippen LogP contribution in [0.5, 0.6) is 5.75 Å². The van der Waals surface area contributed by atoms with Crippen LogP contribution in [-0.2, 0) is 13.0 Å². The van der Waals surface area contributed by atoms with E-state index in [2.05, 4.69) is 24.8 Å². The molecule has 0 spiro atoms. The van der Waals surface area contributed by atoms with E-state index in [-0.39, 0.29) is 12.0 Å². The minimum absolute atomic E-state index is 0.0305. The van der Waals surface area contributed by atoms with Gasteiger partial charge in [0.15, 0.2) is 0 Å². The van der Waals surface area contributed by atoms with Crippen molar-refractivity contribution >= 4 is 0 Å². The highest BCUT2D eigenvalue weighted by molar-refractivity contribution is 5.42. The zero-order valence-electron chi connectivity index (χ0n) is 17.6. The summed E-state index contributed by atoms with van der Waals surface area (Å²) in [5.41, 5.74) is 3.34. The third-order valence-electron chi connectivity index (χ3n) is 8.41. The van der Waals surface area contributed by atoms with Crippen molar-refractivity contribution < 1.29 is 15.3 Å². The number of aliphatic hydroxyl groups excluding tert-OH is 1. The first-order valence-electron chi connectivity index (χ1n) is 11.2. The second-order valence-electron chi connectivity index (χ2n) is 9.76. The highest BCUT2D eigenvalue weighted by Crippen LogP contribution is 2.64. The molecule has 2 aromatic rings. The van der Waals surface area contributed by atoms with Gasteiger partial charge in [-0.1, -0.05) is 37.0 Å². The summed E-state index contributed by atoms with van der Waals surface area (Å²) < 4.78 is 0. The summed E-state index contributed by atoms with van der Waals surface area (Å²) in [5, 5.41) is 30.8. The molecule has 3 N–H and O–H groups in total. The number of hydrogen-bond donors (Lipinski definition) is 3. The summed E-state index contributed by atoms with van der Waals surface area (Å²) in [6.07, 6.45) is 5.96.